The third-order valence-corrected chi connectivity index (χ3v) is 6.03. The van der Waals surface area contributed by atoms with Gasteiger partial charge in [0.15, 0.2) is 0 Å². The smallest absolute Gasteiger partial charge is 0.0568 e. The first-order chi connectivity index (χ1) is 9.75. The van der Waals surface area contributed by atoms with Crippen LogP contribution in [0.4, 0.5) is 0 Å². The molecule has 0 saturated heterocycles. The quantitative estimate of drug-likeness (QED) is 0.549. The van der Waals surface area contributed by atoms with Gasteiger partial charge in [-0.15, -0.1) is 35.4 Å². The van der Waals surface area contributed by atoms with Crippen LogP contribution in [-0.4, -0.2) is 9.55 Å². The molecule has 3 aliphatic rings. The van der Waals surface area contributed by atoms with Crippen LogP contribution < -0.4 is 0 Å². The topological polar surface area (TPSA) is 17.8 Å². The van der Waals surface area contributed by atoms with Crippen molar-refractivity contribution in [2.24, 2.45) is 11.8 Å². The van der Waals surface area contributed by atoms with E-state index in [1.807, 2.05) is 6.07 Å². The van der Waals surface area contributed by atoms with Gasteiger partial charge in [-0.3, -0.25) is 4.98 Å². The summed E-state index contributed by atoms with van der Waals surface area (Å²) in [5.74, 6) is 3.63. The number of benzene rings is 1. The Morgan fingerprint density at radius 2 is 2.05 bits per heavy atom. The molecule has 2 heterocycles. The van der Waals surface area contributed by atoms with Gasteiger partial charge in [-0.1, -0.05) is 6.42 Å². The third-order valence-electron chi connectivity index (χ3n) is 6.03. The zero-order chi connectivity index (χ0) is 13.4. The Balaban J connectivity index is 0.00000115. The summed E-state index contributed by atoms with van der Waals surface area (Å²) in [6.07, 6.45) is 4.25. The van der Waals surface area contributed by atoms with Crippen LogP contribution in [0, 0.1) is 31.7 Å². The number of rotatable bonds is 0. The Kier molecular flexibility index (Phi) is 2.96. The van der Waals surface area contributed by atoms with Gasteiger partial charge in [0.1, 0.15) is 0 Å². The summed E-state index contributed by atoms with van der Waals surface area (Å²) in [5.41, 5.74) is 5.33. The van der Waals surface area contributed by atoms with Gasteiger partial charge in [-0.25, -0.2) is 0 Å². The minimum atomic E-state index is 0. The van der Waals surface area contributed by atoms with Gasteiger partial charge in [0, 0.05) is 37.5 Å². The summed E-state index contributed by atoms with van der Waals surface area (Å²) < 4.78 is 2.56. The standard InChI is InChI=1S/C18H19N2.Ir/c1-10-11(2)20-17-13-8-7-12(9-13)16(17)14-5-3-4-6-15(14)18(20)19-10;/h3-5,12-13,16-17H,7-9H2,1-2H3;/q-1;. The van der Waals surface area contributed by atoms with Crippen LogP contribution in [0.5, 0.6) is 0 Å². The third kappa shape index (κ3) is 1.59. The number of hydrogen-bond acceptors (Lipinski definition) is 1. The number of nitrogens with zero attached hydrogens (tertiary/aromatic N) is 2. The average molecular weight is 456 g/mol. The van der Waals surface area contributed by atoms with Crippen molar-refractivity contribution in [3.8, 4) is 11.4 Å². The summed E-state index contributed by atoms with van der Waals surface area (Å²) in [4.78, 5) is 4.87. The average Bonchev–Trinajstić information content (AvgIpc) is 3.14. The van der Waals surface area contributed by atoms with Gasteiger partial charge < -0.3 is 4.57 Å². The molecule has 1 aliphatic heterocycles. The maximum Gasteiger partial charge on any atom is 0.0568 e. The largest absolute Gasteiger partial charge is 0.365 e. The molecule has 2 saturated carbocycles. The molecular formula is C18H19IrN2-. The van der Waals surface area contributed by atoms with Gasteiger partial charge in [0.2, 0.25) is 0 Å². The number of aromatic nitrogens is 2. The SMILES string of the molecule is Cc1nc2n(c1C)C1C3CCC(C3)C1c1ccc[c-]c1-2.[Ir]. The van der Waals surface area contributed by atoms with E-state index in [0.29, 0.717) is 12.0 Å². The van der Waals surface area contributed by atoms with E-state index in [1.54, 1.807) is 0 Å². The summed E-state index contributed by atoms with van der Waals surface area (Å²) in [7, 11) is 0. The van der Waals surface area contributed by atoms with Crippen LogP contribution in [-0.2, 0) is 20.1 Å². The molecule has 2 aliphatic carbocycles. The summed E-state index contributed by atoms with van der Waals surface area (Å²) in [6, 6.07) is 10.7. The summed E-state index contributed by atoms with van der Waals surface area (Å²) >= 11 is 0. The van der Waals surface area contributed by atoms with Gasteiger partial charge in [0.05, 0.1) is 5.82 Å². The Morgan fingerprint density at radius 3 is 2.90 bits per heavy atom. The van der Waals surface area contributed by atoms with Crippen LogP contribution >= 0.6 is 0 Å². The molecule has 4 unspecified atom stereocenters. The minimum Gasteiger partial charge on any atom is -0.365 e. The van der Waals surface area contributed by atoms with E-state index in [1.165, 1.54) is 47.6 Å². The molecule has 2 fully saturated rings. The second kappa shape index (κ2) is 4.54. The van der Waals surface area contributed by atoms with Crippen LogP contribution in [0.15, 0.2) is 18.2 Å². The van der Waals surface area contributed by atoms with E-state index in [4.69, 9.17) is 4.98 Å². The molecule has 2 bridgehead atoms. The van der Waals surface area contributed by atoms with E-state index >= 15 is 0 Å². The monoisotopic (exact) mass is 456 g/mol. The van der Waals surface area contributed by atoms with Crippen LogP contribution in [0.25, 0.3) is 11.4 Å². The van der Waals surface area contributed by atoms with Crippen molar-refractivity contribution < 1.29 is 20.1 Å². The molecule has 3 heteroatoms. The first kappa shape index (κ1) is 13.7. The normalized spacial score (nSPS) is 31.3. The van der Waals surface area contributed by atoms with Gasteiger partial charge >= 0.3 is 0 Å². The van der Waals surface area contributed by atoms with Crippen molar-refractivity contribution in [3.63, 3.8) is 0 Å². The zero-order valence-electron chi connectivity index (χ0n) is 12.4. The molecular weight excluding hydrogens is 436 g/mol. The molecule has 1 radical (unpaired) electrons. The van der Waals surface area contributed by atoms with Gasteiger partial charge in [-0.05, 0) is 44.4 Å². The van der Waals surface area contributed by atoms with Crippen molar-refractivity contribution in [3.05, 3.63) is 41.2 Å². The molecule has 1 aromatic carbocycles. The maximum absolute atomic E-state index is 4.87. The van der Waals surface area contributed by atoms with E-state index in [2.05, 4.69) is 36.6 Å². The minimum absolute atomic E-state index is 0. The second-order valence-electron chi connectivity index (χ2n) is 6.83. The predicted molar refractivity (Wildman–Crippen MR) is 78.6 cm³/mol. The van der Waals surface area contributed by atoms with Crippen molar-refractivity contribution in [1.82, 2.24) is 9.55 Å². The van der Waals surface area contributed by atoms with Crippen LogP contribution in [0.1, 0.15) is 48.2 Å². The first-order valence-electron chi connectivity index (χ1n) is 7.82. The maximum atomic E-state index is 4.87. The van der Waals surface area contributed by atoms with Gasteiger partial charge in [-0.2, -0.15) is 0 Å². The van der Waals surface area contributed by atoms with Gasteiger partial charge in [0.25, 0.3) is 0 Å². The van der Waals surface area contributed by atoms with E-state index in [9.17, 15) is 0 Å². The Morgan fingerprint density at radius 1 is 1.24 bits per heavy atom. The Labute approximate surface area is 139 Å². The predicted octanol–water partition coefficient (Wildman–Crippen LogP) is 4.03. The molecule has 0 spiro atoms. The fourth-order valence-electron chi connectivity index (χ4n) is 5.16. The summed E-state index contributed by atoms with van der Waals surface area (Å²) in [6.45, 7) is 4.38. The molecule has 1 aromatic heterocycles. The van der Waals surface area contributed by atoms with E-state index in [-0.39, 0.29) is 20.1 Å². The Bertz CT molecular complexity index is 718. The van der Waals surface area contributed by atoms with E-state index in [0.717, 1.165) is 11.8 Å². The Hall–Kier alpha value is -0.921. The molecule has 2 aromatic rings. The van der Waals surface area contributed by atoms with Crippen molar-refractivity contribution in [1.29, 1.82) is 0 Å². The molecule has 2 nitrogen and oxygen atoms in total. The van der Waals surface area contributed by atoms with Crippen molar-refractivity contribution >= 4 is 0 Å². The number of fused-ring (bicyclic) bond motifs is 10. The number of imidazole rings is 1. The van der Waals surface area contributed by atoms with Crippen LogP contribution in [0.3, 0.4) is 0 Å². The molecule has 5 rings (SSSR count). The number of aryl methyl sites for hydroxylation is 1. The summed E-state index contributed by atoms with van der Waals surface area (Å²) in [5, 5.41) is 0. The molecule has 0 amide bonds. The molecule has 0 N–H and O–H groups in total. The van der Waals surface area contributed by atoms with Crippen molar-refractivity contribution in [2.75, 3.05) is 0 Å². The van der Waals surface area contributed by atoms with Crippen LogP contribution in [0.2, 0.25) is 0 Å². The van der Waals surface area contributed by atoms with Crippen molar-refractivity contribution in [2.45, 2.75) is 45.1 Å². The fraction of sp³-hybridized carbons (Fsp3) is 0.500. The van der Waals surface area contributed by atoms with E-state index < -0.39 is 0 Å². The molecule has 111 valence electrons. The second-order valence-corrected chi connectivity index (χ2v) is 6.83. The molecule has 21 heavy (non-hydrogen) atoms. The number of hydrogen-bond donors (Lipinski definition) is 0. The molecule has 4 atom stereocenters. The zero-order valence-corrected chi connectivity index (χ0v) is 14.8. The fourth-order valence-corrected chi connectivity index (χ4v) is 5.16. The first-order valence-corrected chi connectivity index (χ1v) is 7.82.